The van der Waals surface area contributed by atoms with Gasteiger partial charge in [0.15, 0.2) is 0 Å². The first-order chi connectivity index (χ1) is 12.3. The summed E-state index contributed by atoms with van der Waals surface area (Å²) in [7, 11) is -3.77. The van der Waals surface area contributed by atoms with Crippen molar-refractivity contribution in [2.45, 2.75) is 44.7 Å². The van der Waals surface area contributed by atoms with Crippen molar-refractivity contribution in [3.63, 3.8) is 0 Å². The molecule has 1 N–H and O–H groups in total. The smallest absolute Gasteiger partial charge is 0.243 e. The first kappa shape index (κ1) is 20.1. The van der Waals surface area contributed by atoms with Gasteiger partial charge < -0.3 is 5.32 Å². The zero-order valence-electron chi connectivity index (χ0n) is 15.5. The topological polar surface area (TPSA) is 66.5 Å². The molecular weight excluding hydrogens is 348 g/mol. The number of benzene rings is 2. The summed E-state index contributed by atoms with van der Waals surface area (Å²) in [4.78, 5) is 12.5. The molecule has 0 radical (unpaired) electrons. The van der Waals surface area contributed by atoms with Gasteiger partial charge in [0.2, 0.25) is 15.9 Å². The third kappa shape index (κ3) is 5.41. The molecule has 0 aliphatic rings. The average Bonchev–Trinajstić information content (AvgIpc) is 2.63. The van der Waals surface area contributed by atoms with E-state index in [2.05, 4.69) is 5.32 Å². The first-order valence-electron chi connectivity index (χ1n) is 8.73. The van der Waals surface area contributed by atoms with Gasteiger partial charge in [0.25, 0.3) is 0 Å². The van der Waals surface area contributed by atoms with Gasteiger partial charge >= 0.3 is 0 Å². The van der Waals surface area contributed by atoms with Crippen molar-refractivity contribution in [3.8, 4) is 0 Å². The summed E-state index contributed by atoms with van der Waals surface area (Å²) in [5.41, 5.74) is 1.94. The third-order valence-electron chi connectivity index (χ3n) is 4.20. The Kier molecular flexibility index (Phi) is 6.94. The minimum atomic E-state index is -3.77. The van der Waals surface area contributed by atoms with E-state index in [0.29, 0.717) is 0 Å². The molecule has 0 saturated carbocycles. The van der Waals surface area contributed by atoms with Crippen LogP contribution in [-0.2, 0) is 21.4 Å². The molecule has 0 aromatic heterocycles. The number of nitrogens with zero attached hydrogens (tertiary/aromatic N) is 1. The molecule has 6 heteroatoms. The zero-order chi connectivity index (χ0) is 19.2. The second kappa shape index (κ2) is 8.96. The lowest BCUT2D eigenvalue weighted by Gasteiger charge is -2.23. The Balaban J connectivity index is 2.28. The SMILES string of the molecule is CC[C@H](C)NC(=O)CN(Cc1ccc(C)cc1)S(=O)(=O)c1ccccc1. The van der Waals surface area contributed by atoms with Gasteiger partial charge in [-0.3, -0.25) is 4.79 Å². The number of hydrogen-bond acceptors (Lipinski definition) is 3. The van der Waals surface area contributed by atoms with Crippen LogP contribution in [0.4, 0.5) is 0 Å². The Morgan fingerprint density at radius 3 is 2.27 bits per heavy atom. The largest absolute Gasteiger partial charge is 0.353 e. The highest BCUT2D eigenvalue weighted by atomic mass is 32.2. The van der Waals surface area contributed by atoms with E-state index in [9.17, 15) is 13.2 Å². The van der Waals surface area contributed by atoms with E-state index >= 15 is 0 Å². The molecule has 5 nitrogen and oxygen atoms in total. The fourth-order valence-electron chi connectivity index (χ4n) is 2.45. The number of aryl methyl sites for hydroxylation is 1. The van der Waals surface area contributed by atoms with Gasteiger partial charge in [-0.2, -0.15) is 4.31 Å². The fraction of sp³-hybridized carbons (Fsp3) is 0.350. The molecule has 2 aromatic carbocycles. The van der Waals surface area contributed by atoms with E-state index in [-0.39, 0.29) is 29.9 Å². The van der Waals surface area contributed by atoms with Crippen molar-refractivity contribution in [1.82, 2.24) is 9.62 Å². The standard InChI is InChI=1S/C20H26N2O3S/c1-4-17(3)21-20(23)15-22(14-18-12-10-16(2)11-13-18)26(24,25)19-8-6-5-7-9-19/h5-13,17H,4,14-15H2,1-3H3,(H,21,23)/t17-/m0/s1. The minimum Gasteiger partial charge on any atom is -0.353 e. The van der Waals surface area contributed by atoms with Crippen molar-refractivity contribution in [2.75, 3.05) is 6.54 Å². The summed E-state index contributed by atoms with van der Waals surface area (Å²) in [6.45, 7) is 5.77. The van der Waals surface area contributed by atoms with E-state index in [1.54, 1.807) is 30.3 Å². The van der Waals surface area contributed by atoms with Crippen LogP contribution in [0.15, 0.2) is 59.5 Å². The van der Waals surface area contributed by atoms with Crippen molar-refractivity contribution < 1.29 is 13.2 Å². The lowest BCUT2D eigenvalue weighted by Crippen LogP contribution is -2.43. The third-order valence-corrected chi connectivity index (χ3v) is 6.01. The van der Waals surface area contributed by atoms with E-state index in [4.69, 9.17) is 0 Å². The quantitative estimate of drug-likeness (QED) is 0.772. The number of amides is 1. The molecule has 0 bridgehead atoms. The van der Waals surface area contributed by atoms with Crippen LogP contribution in [0.3, 0.4) is 0 Å². The van der Waals surface area contributed by atoms with Gasteiger partial charge in [-0.05, 0) is 38.0 Å². The van der Waals surface area contributed by atoms with Gasteiger partial charge in [-0.1, -0.05) is 55.0 Å². The highest BCUT2D eigenvalue weighted by Gasteiger charge is 2.27. The number of rotatable bonds is 8. The monoisotopic (exact) mass is 374 g/mol. The van der Waals surface area contributed by atoms with Crippen LogP contribution in [0.5, 0.6) is 0 Å². The lowest BCUT2D eigenvalue weighted by molar-refractivity contribution is -0.122. The van der Waals surface area contributed by atoms with Crippen molar-refractivity contribution in [2.24, 2.45) is 0 Å². The molecule has 2 rings (SSSR count). The van der Waals surface area contributed by atoms with E-state index in [0.717, 1.165) is 17.5 Å². The molecule has 0 aliphatic heterocycles. The Labute approximate surface area is 156 Å². The van der Waals surface area contributed by atoms with Gasteiger partial charge in [0.1, 0.15) is 0 Å². The highest BCUT2D eigenvalue weighted by Crippen LogP contribution is 2.18. The van der Waals surface area contributed by atoms with Crippen LogP contribution < -0.4 is 5.32 Å². The second-order valence-electron chi connectivity index (χ2n) is 6.45. The molecule has 0 heterocycles. The summed E-state index contributed by atoms with van der Waals surface area (Å²) < 4.78 is 27.3. The van der Waals surface area contributed by atoms with Gasteiger partial charge in [0.05, 0.1) is 11.4 Å². The number of carbonyl (C=O) groups excluding carboxylic acids is 1. The predicted molar refractivity (Wildman–Crippen MR) is 103 cm³/mol. The fourth-order valence-corrected chi connectivity index (χ4v) is 3.85. The summed E-state index contributed by atoms with van der Waals surface area (Å²) in [5, 5.41) is 2.83. The normalized spacial score (nSPS) is 12.8. The van der Waals surface area contributed by atoms with Crippen LogP contribution in [0.1, 0.15) is 31.4 Å². The van der Waals surface area contributed by atoms with Crippen LogP contribution in [0.2, 0.25) is 0 Å². The molecule has 0 saturated heterocycles. The number of hydrogen-bond donors (Lipinski definition) is 1. The summed E-state index contributed by atoms with van der Waals surface area (Å²) >= 11 is 0. The maximum Gasteiger partial charge on any atom is 0.243 e. The van der Waals surface area contributed by atoms with Crippen molar-refractivity contribution in [1.29, 1.82) is 0 Å². The van der Waals surface area contributed by atoms with Crippen LogP contribution in [0, 0.1) is 6.92 Å². The van der Waals surface area contributed by atoms with Crippen molar-refractivity contribution >= 4 is 15.9 Å². The molecule has 0 fully saturated rings. The van der Waals surface area contributed by atoms with Gasteiger partial charge in [-0.25, -0.2) is 8.42 Å². The van der Waals surface area contributed by atoms with Gasteiger partial charge in [-0.15, -0.1) is 0 Å². The second-order valence-corrected chi connectivity index (χ2v) is 8.39. The first-order valence-corrected chi connectivity index (χ1v) is 10.2. The number of sulfonamides is 1. The molecule has 0 aliphatic carbocycles. The molecule has 0 spiro atoms. The van der Waals surface area contributed by atoms with Crippen LogP contribution in [-0.4, -0.2) is 31.2 Å². The molecule has 1 atom stereocenters. The lowest BCUT2D eigenvalue weighted by atomic mass is 10.1. The van der Waals surface area contributed by atoms with Gasteiger partial charge in [0, 0.05) is 12.6 Å². The maximum atomic E-state index is 13.0. The molecule has 140 valence electrons. The van der Waals surface area contributed by atoms with Crippen molar-refractivity contribution in [3.05, 3.63) is 65.7 Å². The molecule has 2 aromatic rings. The molecule has 26 heavy (non-hydrogen) atoms. The average molecular weight is 375 g/mol. The Morgan fingerprint density at radius 1 is 1.08 bits per heavy atom. The van der Waals surface area contributed by atoms with E-state index < -0.39 is 10.0 Å². The molecule has 1 amide bonds. The minimum absolute atomic E-state index is 0.00292. The Bertz CT molecular complexity index is 818. The number of carbonyl (C=O) groups is 1. The predicted octanol–water partition coefficient (Wildman–Crippen LogP) is 3.10. The molecular formula is C20H26N2O3S. The van der Waals surface area contributed by atoms with E-state index in [1.165, 1.54) is 4.31 Å². The number of nitrogens with one attached hydrogen (secondary N) is 1. The summed E-state index contributed by atoms with van der Waals surface area (Å²) in [6, 6.07) is 15.8. The summed E-state index contributed by atoms with van der Waals surface area (Å²) in [6.07, 6.45) is 0.787. The highest BCUT2D eigenvalue weighted by molar-refractivity contribution is 7.89. The van der Waals surface area contributed by atoms with Crippen LogP contribution in [0.25, 0.3) is 0 Å². The van der Waals surface area contributed by atoms with E-state index in [1.807, 2.05) is 45.0 Å². The zero-order valence-corrected chi connectivity index (χ0v) is 16.3. The Hall–Kier alpha value is -2.18. The summed E-state index contributed by atoms with van der Waals surface area (Å²) in [5.74, 6) is -0.300. The van der Waals surface area contributed by atoms with Crippen LogP contribution >= 0.6 is 0 Å². The Morgan fingerprint density at radius 2 is 1.69 bits per heavy atom. The molecule has 0 unspecified atom stereocenters. The maximum absolute atomic E-state index is 13.0.